The SMILES string of the molecule is CSc1cncc(=O)[nH]1. The summed E-state index contributed by atoms with van der Waals surface area (Å²) in [6.07, 6.45) is 4.75. The molecule has 1 aromatic heterocycles. The highest BCUT2D eigenvalue weighted by molar-refractivity contribution is 7.98. The molecule has 0 bridgehead atoms. The minimum atomic E-state index is -0.151. The van der Waals surface area contributed by atoms with Crippen LogP contribution in [0.3, 0.4) is 0 Å². The summed E-state index contributed by atoms with van der Waals surface area (Å²) in [5.41, 5.74) is -0.151. The van der Waals surface area contributed by atoms with Gasteiger partial charge in [0, 0.05) is 0 Å². The molecule has 9 heavy (non-hydrogen) atoms. The zero-order valence-corrected chi connectivity index (χ0v) is 5.73. The first-order valence-electron chi connectivity index (χ1n) is 2.41. The highest BCUT2D eigenvalue weighted by Crippen LogP contribution is 2.04. The molecule has 1 N–H and O–H groups in total. The molecule has 0 amide bonds. The fourth-order valence-electron chi connectivity index (χ4n) is 0.462. The van der Waals surface area contributed by atoms with Crippen LogP contribution in [-0.4, -0.2) is 16.2 Å². The Kier molecular flexibility index (Phi) is 1.89. The predicted molar refractivity (Wildman–Crippen MR) is 36.6 cm³/mol. The first kappa shape index (κ1) is 6.35. The maximum atomic E-state index is 10.5. The highest BCUT2D eigenvalue weighted by atomic mass is 32.2. The first-order valence-corrected chi connectivity index (χ1v) is 3.63. The Morgan fingerprint density at radius 3 is 2.89 bits per heavy atom. The third-order valence-electron chi connectivity index (χ3n) is 0.850. The number of thioether (sulfide) groups is 1. The minimum absolute atomic E-state index is 0.151. The van der Waals surface area contributed by atoms with Crippen LogP contribution in [0, 0.1) is 0 Å². The molecule has 1 heterocycles. The molecule has 0 aliphatic carbocycles. The fourth-order valence-corrected chi connectivity index (χ4v) is 0.831. The second-order valence-electron chi connectivity index (χ2n) is 1.46. The third-order valence-corrected chi connectivity index (χ3v) is 1.50. The highest BCUT2D eigenvalue weighted by Gasteiger charge is 1.86. The maximum Gasteiger partial charge on any atom is 0.267 e. The van der Waals surface area contributed by atoms with Gasteiger partial charge in [-0.25, -0.2) is 0 Å². The molecule has 0 spiro atoms. The van der Waals surface area contributed by atoms with E-state index < -0.39 is 0 Å². The zero-order valence-electron chi connectivity index (χ0n) is 4.92. The Labute approximate surface area is 56.5 Å². The molecule has 0 aromatic carbocycles. The first-order chi connectivity index (χ1) is 4.33. The molecule has 0 atom stereocenters. The lowest BCUT2D eigenvalue weighted by molar-refractivity contribution is 1.01. The van der Waals surface area contributed by atoms with Gasteiger partial charge in [0.2, 0.25) is 0 Å². The molecule has 0 unspecified atom stereocenters. The summed E-state index contributed by atoms with van der Waals surface area (Å²) in [6.45, 7) is 0. The van der Waals surface area contributed by atoms with Crippen molar-refractivity contribution >= 4 is 11.8 Å². The van der Waals surface area contributed by atoms with Crippen molar-refractivity contribution in [1.82, 2.24) is 9.97 Å². The maximum absolute atomic E-state index is 10.5. The summed E-state index contributed by atoms with van der Waals surface area (Å²) in [5, 5.41) is 0.794. The van der Waals surface area contributed by atoms with Crippen LogP contribution in [0.4, 0.5) is 0 Å². The molecule has 0 saturated heterocycles. The molecular weight excluding hydrogens is 136 g/mol. The lowest BCUT2D eigenvalue weighted by Crippen LogP contribution is -2.04. The summed E-state index contributed by atoms with van der Waals surface area (Å²) in [4.78, 5) is 16.8. The molecular formula is C5H6N2OS. The van der Waals surface area contributed by atoms with Crippen molar-refractivity contribution < 1.29 is 0 Å². The van der Waals surface area contributed by atoms with Crippen molar-refractivity contribution in [3.63, 3.8) is 0 Å². The Hall–Kier alpha value is -0.770. The lowest BCUT2D eigenvalue weighted by atomic mass is 10.7. The Morgan fingerprint density at radius 2 is 2.44 bits per heavy atom. The molecule has 1 aromatic rings. The van der Waals surface area contributed by atoms with Crippen LogP contribution < -0.4 is 5.56 Å². The van der Waals surface area contributed by atoms with Gasteiger partial charge >= 0.3 is 0 Å². The molecule has 0 saturated carbocycles. The van der Waals surface area contributed by atoms with Crippen LogP contribution in [-0.2, 0) is 0 Å². The van der Waals surface area contributed by atoms with Crippen molar-refractivity contribution in [2.24, 2.45) is 0 Å². The Morgan fingerprint density at radius 1 is 1.67 bits per heavy atom. The van der Waals surface area contributed by atoms with Gasteiger partial charge < -0.3 is 4.98 Å². The number of hydrogen-bond acceptors (Lipinski definition) is 3. The van der Waals surface area contributed by atoms with Crippen LogP contribution in [0.25, 0.3) is 0 Å². The van der Waals surface area contributed by atoms with Gasteiger partial charge in [0.15, 0.2) is 0 Å². The number of aromatic amines is 1. The van der Waals surface area contributed by atoms with Crippen molar-refractivity contribution in [1.29, 1.82) is 0 Å². The van der Waals surface area contributed by atoms with Gasteiger partial charge in [0.05, 0.1) is 17.4 Å². The van der Waals surface area contributed by atoms with E-state index in [1.165, 1.54) is 18.0 Å². The average molecular weight is 142 g/mol. The van der Waals surface area contributed by atoms with Gasteiger partial charge in [0.1, 0.15) is 0 Å². The van der Waals surface area contributed by atoms with Gasteiger partial charge in [-0.2, -0.15) is 0 Å². The number of rotatable bonds is 1. The largest absolute Gasteiger partial charge is 0.314 e. The molecule has 0 aliphatic heterocycles. The van der Waals surface area contributed by atoms with E-state index in [-0.39, 0.29) is 5.56 Å². The smallest absolute Gasteiger partial charge is 0.267 e. The number of H-pyrrole nitrogens is 1. The van der Waals surface area contributed by atoms with E-state index in [0.29, 0.717) is 0 Å². The van der Waals surface area contributed by atoms with E-state index in [1.54, 1.807) is 6.20 Å². The molecule has 0 fully saturated rings. The number of hydrogen-bond donors (Lipinski definition) is 1. The molecule has 3 nitrogen and oxygen atoms in total. The van der Waals surface area contributed by atoms with E-state index >= 15 is 0 Å². The number of nitrogens with one attached hydrogen (secondary N) is 1. The summed E-state index contributed by atoms with van der Waals surface area (Å²) >= 11 is 1.46. The lowest BCUT2D eigenvalue weighted by Gasteiger charge is -1.89. The van der Waals surface area contributed by atoms with Gasteiger partial charge in [-0.15, -0.1) is 11.8 Å². The quantitative estimate of drug-likeness (QED) is 0.580. The second-order valence-corrected chi connectivity index (χ2v) is 2.31. The number of nitrogens with zero attached hydrogens (tertiary/aromatic N) is 1. The van der Waals surface area contributed by atoms with Crippen molar-refractivity contribution in [3.8, 4) is 0 Å². The van der Waals surface area contributed by atoms with Gasteiger partial charge in [-0.3, -0.25) is 9.78 Å². The standard InChI is InChI=1S/C5H6N2OS/c1-9-5-3-6-2-4(8)7-5/h2-3H,1H3,(H,7,8). The van der Waals surface area contributed by atoms with Crippen molar-refractivity contribution in [2.45, 2.75) is 5.03 Å². The van der Waals surface area contributed by atoms with Crippen LogP contribution in [0.5, 0.6) is 0 Å². The van der Waals surface area contributed by atoms with E-state index in [0.717, 1.165) is 5.03 Å². The summed E-state index contributed by atoms with van der Waals surface area (Å²) < 4.78 is 0. The monoisotopic (exact) mass is 142 g/mol. The molecule has 4 heteroatoms. The van der Waals surface area contributed by atoms with E-state index in [2.05, 4.69) is 9.97 Å². The van der Waals surface area contributed by atoms with E-state index in [4.69, 9.17) is 0 Å². The molecule has 1 rings (SSSR count). The van der Waals surface area contributed by atoms with E-state index in [1.807, 2.05) is 6.26 Å². The van der Waals surface area contributed by atoms with Crippen LogP contribution in [0.2, 0.25) is 0 Å². The van der Waals surface area contributed by atoms with Gasteiger partial charge in [-0.05, 0) is 6.26 Å². The fraction of sp³-hybridized carbons (Fsp3) is 0.200. The van der Waals surface area contributed by atoms with Crippen LogP contribution in [0.15, 0.2) is 22.2 Å². The molecule has 48 valence electrons. The normalized spacial score (nSPS) is 9.44. The van der Waals surface area contributed by atoms with Gasteiger partial charge in [0.25, 0.3) is 5.56 Å². The van der Waals surface area contributed by atoms with Crippen LogP contribution in [0.1, 0.15) is 0 Å². The summed E-state index contributed by atoms with van der Waals surface area (Å²) in [5.74, 6) is 0. The topological polar surface area (TPSA) is 45.8 Å². The Bertz CT molecular complexity index is 245. The van der Waals surface area contributed by atoms with Crippen LogP contribution >= 0.6 is 11.8 Å². The number of aromatic nitrogens is 2. The van der Waals surface area contributed by atoms with E-state index in [9.17, 15) is 4.79 Å². The average Bonchev–Trinajstić information content (AvgIpc) is 1.88. The van der Waals surface area contributed by atoms with Crippen molar-refractivity contribution in [2.75, 3.05) is 6.26 Å². The molecule has 0 radical (unpaired) electrons. The Balaban J connectivity index is 3.08. The second kappa shape index (κ2) is 2.68. The predicted octanol–water partition coefficient (Wildman–Crippen LogP) is 0.492. The summed E-state index contributed by atoms with van der Waals surface area (Å²) in [7, 11) is 0. The van der Waals surface area contributed by atoms with Crippen molar-refractivity contribution in [3.05, 3.63) is 22.7 Å². The molecule has 0 aliphatic rings. The van der Waals surface area contributed by atoms with Gasteiger partial charge in [-0.1, -0.05) is 0 Å². The minimum Gasteiger partial charge on any atom is -0.314 e. The summed E-state index contributed by atoms with van der Waals surface area (Å²) in [6, 6.07) is 0. The third kappa shape index (κ3) is 1.57. The zero-order chi connectivity index (χ0) is 6.69.